The molecule has 0 aromatic carbocycles. The van der Waals surface area contributed by atoms with E-state index in [1.807, 2.05) is 0 Å². The Morgan fingerprint density at radius 2 is 1.19 bits per heavy atom. The van der Waals surface area contributed by atoms with Crippen LogP contribution < -0.4 is 49.1 Å². The molecular formula is C42H71N13O13. The van der Waals surface area contributed by atoms with Crippen molar-refractivity contribution in [3.63, 3.8) is 0 Å². The van der Waals surface area contributed by atoms with E-state index >= 15 is 0 Å². The molecule has 3 aliphatic heterocycles. The Kier molecular flexibility index (Phi) is 21.8. The second-order valence-corrected chi connectivity index (χ2v) is 17.5. The number of amides is 9. The maximum absolute atomic E-state index is 14.0. The van der Waals surface area contributed by atoms with Crippen LogP contribution in [0.4, 0.5) is 0 Å². The second kappa shape index (κ2) is 26.4. The summed E-state index contributed by atoms with van der Waals surface area (Å²) in [7, 11) is 0. The largest absolute Gasteiger partial charge is 0.480 e. The Bertz CT molecular complexity index is 1880. The number of carboxylic acid groups (broad SMARTS) is 1. The zero-order chi connectivity index (χ0) is 51.0. The smallest absolute Gasteiger partial charge is 0.322 e. The summed E-state index contributed by atoms with van der Waals surface area (Å²) in [6.07, 6.45) is 1.59. The number of rotatable bonds is 24. The summed E-state index contributed by atoms with van der Waals surface area (Å²) in [5.41, 5.74) is 16.5. The van der Waals surface area contributed by atoms with E-state index < -0.39 is 133 Å². The fourth-order valence-corrected chi connectivity index (χ4v) is 8.32. The van der Waals surface area contributed by atoms with Crippen LogP contribution in [0.1, 0.15) is 92.4 Å². The lowest BCUT2D eigenvalue weighted by atomic mass is 9.97. The van der Waals surface area contributed by atoms with Crippen molar-refractivity contribution in [2.24, 2.45) is 28.1 Å². The van der Waals surface area contributed by atoms with Crippen molar-refractivity contribution in [2.45, 2.75) is 153 Å². The molecule has 0 saturated carbocycles. The fourth-order valence-electron chi connectivity index (χ4n) is 8.32. The van der Waals surface area contributed by atoms with Gasteiger partial charge in [-0.05, 0) is 78.1 Å². The molecule has 382 valence electrons. The van der Waals surface area contributed by atoms with Crippen LogP contribution >= 0.6 is 0 Å². The summed E-state index contributed by atoms with van der Waals surface area (Å²) in [5.74, 6) is -8.18. The van der Waals surface area contributed by atoms with Gasteiger partial charge in [0.2, 0.25) is 53.2 Å². The molecule has 0 radical (unpaired) electrons. The third kappa shape index (κ3) is 15.4. The lowest BCUT2D eigenvalue weighted by Crippen LogP contribution is -2.60. The molecule has 9 amide bonds. The average molecular weight is 966 g/mol. The van der Waals surface area contributed by atoms with E-state index in [-0.39, 0.29) is 63.7 Å². The highest BCUT2D eigenvalue weighted by Crippen LogP contribution is 2.26. The maximum atomic E-state index is 14.0. The zero-order valence-corrected chi connectivity index (χ0v) is 39.4. The van der Waals surface area contributed by atoms with Gasteiger partial charge < -0.3 is 79.1 Å². The lowest BCUT2D eigenvalue weighted by molar-refractivity contribution is -0.148. The SMILES string of the molecule is CC[C@H](C)[C@H](NC(=O)[C@@H]1CCCN1C(=O)[C@H](C)NC(=O)[C@H](CO)NC(=O)[C@@H]1CCCN1C(=O)[C@@H]1CCCN1C(=O)[C@H](C)NC(=O)[C@@H](NC(=O)[C@@H](N)CCCN=C(N)N)[C@@H](C)O)C(=O)NCC(=O)O. The molecule has 15 N–H and O–H groups in total. The zero-order valence-electron chi connectivity index (χ0n) is 39.4. The number of carbonyl (C=O) groups excluding carboxylic acids is 9. The van der Waals surface area contributed by atoms with E-state index in [9.17, 15) is 58.2 Å². The minimum atomic E-state index is -1.55. The van der Waals surface area contributed by atoms with Gasteiger partial charge in [-0.2, -0.15) is 0 Å². The third-order valence-electron chi connectivity index (χ3n) is 12.3. The standard InChI is InChI=1S/C42H71N13O13/c1-6-21(2)31(37(64)47-19-30(58)59)51-36(63)28-13-8-16-53(28)39(66)22(3)48-34(61)26(20-56)50-35(62)27-12-9-17-54(27)41(68)29-14-10-18-55(29)40(67)23(4)49-38(65)32(24(5)57)52-33(60)25(43)11-7-15-46-42(44)45/h21-29,31-32,56-57H,6-20,43H2,1-5H3,(H,47,64)(H,48,61)(H,49,65)(H,50,62)(H,51,63)(H,52,60)(H,58,59)(H4,44,45,46)/t21-,22-,23-,24+,25-,26-,27-,28-,29-,31-,32-/m0/s1. The second-order valence-electron chi connectivity index (χ2n) is 17.5. The first-order valence-corrected chi connectivity index (χ1v) is 23.1. The molecule has 0 aliphatic carbocycles. The van der Waals surface area contributed by atoms with Crippen molar-refractivity contribution in [3.8, 4) is 0 Å². The number of hydrogen-bond acceptors (Lipinski definition) is 14. The molecule has 0 bridgehead atoms. The van der Waals surface area contributed by atoms with Crippen LogP contribution in [0, 0.1) is 5.92 Å². The van der Waals surface area contributed by atoms with E-state index in [0.29, 0.717) is 32.1 Å². The number of aliphatic hydroxyl groups excluding tert-OH is 2. The average Bonchev–Trinajstić information content (AvgIpc) is 4.10. The number of hydrogen-bond donors (Lipinski definition) is 12. The fraction of sp³-hybridized carbons (Fsp3) is 0.738. The molecule has 3 rings (SSSR count). The van der Waals surface area contributed by atoms with Crippen LogP contribution in [0.25, 0.3) is 0 Å². The van der Waals surface area contributed by atoms with Gasteiger partial charge in [-0.3, -0.25) is 52.9 Å². The molecule has 3 saturated heterocycles. The van der Waals surface area contributed by atoms with Crippen LogP contribution in [0.3, 0.4) is 0 Å². The minimum Gasteiger partial charge on any atom is -0.480 e. The number of aliphatic carboxylic acids is 1. The number of nitrogens with two attached hydrogens (primary N) is 3. The highest BCUT2D eigenvalue weighted by Gasteiger charge is 2.45. The Morgan fingerprint density at radius 3 is 1.72 bits per heavy atom. The maximum Gasteiger partial charge on any atom is 0.322 e. The van der Waals surface area contributed by atoms with Crippen LogP contribution in [0.2, 0.25) is 0 Å². The number of nitrogens with zero attached hydrogens (tertiary/aromatic N) is 4. The summed E-state index contributed by atoms with van der Waals surface area (Å²) >= 11 is 0. The highest BCUT2D eigenvalue weighted by atomic mass is 16.4. The Labute approximate surface area is 394 Å². The molecule has 68 heavy (non-hydrogen) atoms. The van der Waals surface area contributed by atoms with Crippen molar-refractivity contribution >= 4 is 65.1 Å². The van der Waals surface area contributed by atoms with Gasteiger partial charge in [-0.25, -0.2) is 0 Å². The highest BCUT2D eigenvalue weighted by molar-refractivity contribution is 5.99. The van der Waals surface area contributed by atoms with Crippen LogP contribution in [-0.4, -0.2) is 195 Å². The summed E-state index contributed by atoms with van der Waals surface area (Å²) in [4.78, 5) is 139. The molecule has 0 aromatic rings. The van der Waals surface area contributed by atoms with Gasteiger partial charge in [0.15, 0.2) is 5.96 Å². The molecule has 3 aliphatic rings. The normalized spacial score (nSPS) is 21.4. The van der Waals surface area contributed by atoms with E-state index in [1.54, 1.807) is 13.8 Å². The number of guanidine groups is 1. The number of nitrogens with one attached hydrogen (secondary N) is 6. The Balaban J connectivity index is 1.60. The van der Waals surface area contributed by atoms with Crippen LogP contribution in [0.5, 0.6) is 0 Å². The van der Waals surface area contributed by atoms with Gasteiger partial charge >= 0.3 is 5.97 Å². The number of carboxylic acids is 1. The monoisotopic (exact) mass is 966 g/mol. The van der Waals surface area contributed by atoms with Crippen molar-refractivity contribution < 1.29 is 63.3 Å². The van der Waals surface area contributed by atoms with E-state index in [2.05, 4.69) is 36.9 Å². The topological polar surface area (TPSA) is 404 Å². The van der Waals surface area contributed by atoms with Gasteiger partial charge in [0, 0.05) is 26.2 Å². The van der Waals surface area contributed by atoms with Crippen molar-refractivity contribution in [1.29, 1.82) is 0 Å². The summed E-state index contributed by atoms with van der Waals surface area (Å²) < 4.78 is 0. The van der Waals surface area contributed by atoms with E-state index in [4.69, 9.17) is 22.3 Å². The molecule has 26 nitrogen and oxygen atoms in total. The van der Waals surface area contributed by atoms with Gasteiger partial charge in [-0.15, -0.1) is 0 Å². The van der Waals surface area contributed by atoms with E-state index in [0.717, 1.165) is 0 Å². The minimum absolute atomic E-state index is 0.119. The van der Waals surface area contributed by atoms with Gasteiger partial charge in [-0.1, -0.05) is 20.3 Å². The van der Waals surface area contributed by atoms with Crippen molar-refractivity contribution in [2.75, 3.05) is 39.3 Å². The van der Waals surface area contributed by atoms with Crippen LogP contribution in [0.15, 0.2) is 4.99 Å². The molecule has 3 heterocycles. The number of aliphatic hydroxyl groups is 2. The molecule has 3 fully saturated rings. The Morgan fingerprint density at radius 1 is 0.676 bits per heavy atom. The van der Waals surface area contributed by atoms with Gasteiger partial charge in [0.05, 0.1) is 18.8 Å². The number of aliphatic imine (C=N–C) groups is 1. The van der Waals surface area contributed by atoms with Crippen molar-refractivity contribution in [1.82, 2.24) is 46.6 Å². The summed E-state index contributed by atoms with van der Waals surface area (Å²) in [6, 6.07) is -10.7. The molecular weight excluding hydrogens is 895 g/mol. The lowest BCUT2D eigenvalue weighted by Gasteiger charge is -2.33. The predicted octanol–water partition coefficient (Wildman–Crippen LogP) is -5.58. The molecule has 11 atom stereocenters. The van der Waals surface area contributed by atoms with E-state index in [1.165, 1.54) is 35.5 Å². The Hall–Kier alpha value is -6.15. The number of carbonyl (C=O) groups is 10. The molecule has 0 spiro atoms. The first-order valence-electron chi connectivity index (χ1n) is 23.1. The summed E-state index contributed by atoms with van der Waals surface area (Å²) in [5, 5.41) is 44.2. The third-order valence-corrected chi connectivity index (χ3v) is 12.3. The molecule has 0 aromatic heterocycles. The molecule has 0 unspecified atom stereocenters. The first kappa shape index (κ1) is 56.2. The van der Waals surface area contributed by atoms with Crippen molar-refractivity contribution in [3.05, 3.63) is 0 Å². The first-order chi connectivity index (χ1) is 32.0. The summed E-state index contributed by atoms with van der Waals surface area (Å²) in [6.45, 7) is 6.68. The van der Waals surface area contributed by atoms with Gasteiger partial charge in [0.1, 0.15) is 54.9 Å². The predicted molar refractivity (Wildman–Crippen MR) is 242 cm³/mol. The van der Waals surface area contributed by atoms with Gasteiger partial charge in [0.25, 0.3) is 0 Å². The number of likely N-dealkylation sites (tertiary alicyclic amines) is 3. The quantitative estimate of drug-likeness (QED) is 0.0244. The van der Waals surface area contributed by atoms with Crippen LogP contribution in [-0.2, 0) is 47.9 Å². The molecule has 26 heteroatoms.